The summed E-state index contributed by atoms with van der Waals surface area (Å²) >= 11 is 0. The molecular weight excluding hydrogens is 164 g/mol. The molecule has 0 radical (unpaired) electrons. The third-order valence-corrected chi connectivity index (χ3v) is 1.84. The molecule has 0 aromatic heterocycles. The molecule has 0 rings (SSSR count). The van der Waals surface area contributed by atoms with Crippen molar-refractivity contribution < 1.29 is 9.47 Å². The number of rotatable bonds is 9. The van der Waals surface area contributed by atoms with Crippen LogP contribution >= 0.6 is 0 Å². The molecule has 0 unspecified atom stereocenters. The van der Waals surface area contributed by atoms with Gasteiger partial charge in [-0.1, -0.05) is 12.8 Å². The van der Waals surface area contributed by atoms with Crippen LogP contribution in [-0.4, -0.2) is 25.9 Å². The molecule has 0 heterocycles. The molecule has 0 spiro atoms. The second-order valence-electron chi connectivity index (χ2n) is 3.53. The van der Waals surface area contributed by atoms with Crippen LogP contribution in [0.25, 0.3) is 0 Å². The molecular formula is C11H24O2. The summed E-state index contributed by atoms with van der Waals surface area (Å²) < 4.78 is 10.7. The highest BCUT2D eigenvalue weighted by Crippen LogP contribution is 2.01. The minimum atomic E-state index is 0.378. The van der Waals surface area contributed by atoms with Crippen LogP contribution in [0, 0.1) is 0 Å². The second-order valence-corrected chi connectivity index (χ2v) is 3.53. The van der Waals surface area contributed by atoms with Crippen molar-refractivity contribution in [3.8, 4) is 0 Å². The first-order valence-corrected chi connectivity index (χ1v) is 5.46. The van der Waals surface area contributed by atoms with Crippen LogP contribution in [0.5, 0.6) is 0 Å². The highest BCUT2D eigenvalue weighted by molar-refractivity contribution is 4.43. The van der Waals surface area contributed by atoms with Crippen molar-refractivity contribution in [3.63, 3.8) is 0 Å². The van der Waals surface area contributed by atoms with Gasteiger partial charge in [0.25, 0.3) is 0 Å². The quantitative estimate of drug-likeness (QED) is 0.518. The van der Waals surface area contributed by atoms with Crippen LogP contribution in [0.1, 0.15) is 46.5 Å². The predicted octanol–water partition coefficient (Wildman–Crippen LogP) is 3.01. The Balaban J connectivity index is 2.84. The Morgan fingerprint density at radius 2 is 1.54 bits per heavy atom. The Morgan fingerprint density at radius 3 is 2.08 bits per heavy atom. The molecule has 0 aromatic carbocycles. The molecule has 80 valence electrons. The van der Waals surface area contributed by atoms with Crippen molar-refractivity contribution in [2.45, 2.75) is 52.6 Å². The van der Waals surface area contributed by atoms with Crippen molar-refractivity contribution >= 4 is 0 Å². The molecule has 0 aliphatic carbocycles. The average Bonchev–Trinajstić information content (AvgIpc) is 2.09. The minimum Gasteiger partial charge on any atom is -0.382 e. The summed E-state index contributed by atoms with van der Waals surface area (Å²) in [7, 11) is 0. The first-order valence-electron chi connectivity index (χ1n) is 5.46. The molecule has 0 aliphatic heterocycles. The van der Waals surface area contributed by atoms with Gasteiger partial charge >= 0.3 is 0 Å². The number of ether oxygens (including phenoxy) is 2. The van der Waals surface area contributed by atoms with Crippen molar-refractivity contribution in [2.75, 3.05) is 19.8 Å². The first-order chi connectivity index (χ1) is 6.27. The Bertz CT molecular complexity index is 92.1. The number of unbranched alkanes of at least 4 members (excludes halogenated alkanes) is 3. The second kappa shape index (κ2) is 10.0. The van der Waals surface area contributed by atoms with E-state index in [0.29, 0.717) is 6.10 Å². The lowest BCUT2D eigenvalue weighted by Crippen LogP contribution is -2.03. The van der Waals surface area contributed by atoms with E-state index in [1.807, 2.05) is 6.92 Å². The molecule has 0 amide bonds. The monoisotopic (exact) mass is 188 g/mol. The van der Waals surface area contributed by atoms with Crippen LogP contribution in [0.2, 0.25) is 0 Å². The minimum absolute atomic E-state index is 0.378. The molecule has 0 bridgehead atoms. The van der Waals surface area contributed by atoms with E-state index in [2.05, 4.69) is 13.8 Å². The fourth-order valence-corrected chi connectivity index (χ4v) is 1.12. The van der Waals surface area contributed by atoms with Gasteiger partial charge < -0.3 is 9.47 Å². The van der Waals surface area contributed by atoms with Crippen LogP contribution < -0.4 is 0 Å². The van der Waals surface area contributed by atoms with Crippen LogP contribution in [0.3, 0.4) is 0 Å². The van der Waals surface area contributed by atoms with Crippen molar-refractivity contribution in [1.82, 2.24) is 0 Å². The van der Waals surface area contributed by atoms with E-state index in [-0.39, 0.29) is 0 Å². The molecule has 0 N–H and O–H groups in total. The molecule has 0 saturated carbocycles. The van der Waals surface area contributed by atoms with E-state index >= 15 is 0 Å². The smallest absolute Gasteiger partial charge is 0.0518 e. The van der Waals surface area contributed by atoms with Gasteiger partial charge in [-0.2, -0.15) is 0 Å². The summed E-state index contributed by atoms with van der Waals surface area (Å²) in [4.78, 5) is 0. The van der Waals surface area contributed by atoms with Gasteiger partial charge in [0.2, 0.25) is 0 Å². The maximum absolute atomic E-state index is 5.44. The van der Waals surface area contributed by atoms with Crippen LogP contribution in [0.15, 0.2) is 0 Å². The van der Waals surface area contributed by atoms with E-state index in [4.69, 9.17) is 9.47 Å². The maximum Gasteiger partial charge on any atom is 0.0518 e. The van der Waals surface area contributed by atoms with Gasteiger partial charge in [-0.15, -0.1) is 0 Å². The van der Waals surface area contributed by atoms with Gasteiger partial charge in [0.05, 0.1) is 6.10 Å². The predicted molar refractivity (Wildman–Crippen MR) is 56.0 cm³/mol. The zero-order valence-corrected chi connectivity index (χ0v) is 9.34. The zero-order chi connectivity index (χ0) is 9.94. The van der Waals surface area contributed by atoms with Crippen molar-refractivity contribution in [2.24, 2.45) is 0 Å². The van der Waals surface area contributed by atoms with E-state index in [1.54, 1.807) is 0 Å². The van der Waals surface area contributed by atoms with E-state index in [1.165, 1.54) is 25.7 Å². The molecule has 2 nitrogen and oxygen atoms in total. The molecule has 0 aromatic rings. The van der Waals surface area contributed by atoms with Gasteiger partial charge in [0.15, 0.2) is 0 Å². The van der Waals surface area contributed by atoms with Crippen molar-refractivity contribution in [1.29, 1.82) is 0 Å². The Labute approximate surface area is 82.6 Å². The molecule has 0 atom stereocenters. The summed E-state index contributed by atoms with van der Waals surface area (Å²) in [6.07, 6.45) is 5.28. The fourth-order valence-electron chi connectivity index (χ4n) is 1.12. The standard InChI is InChI=1S/C11H24O2/c1-4-12-9-7-5-6-8-10-13-11(2)3/h11H,4-10H2,1-3H3. The zero-order valence-electron chi connectivity index (χ0n) is 9.34. The Kier molecular flexibility index (Phi) is 9.94. The van der Waals surface area contributed by atoms with Crippen LogP contribution in [0.4, 0.5) is 0 Å². The lowest BCUT2D eigenvalue weighted by molar-refractivity contribution is 0.0749. The summed E-state index contributed by atoms with van der Waals surface area (Å²) in [6, 6.07) is 0. The van der Waals surface area contributed by atoms with Gasteiger partial charge in [-0.3, -0.25) is 0 Å². The maximum atomic E-state index is 5.44. The third-order valence-electron chi connectivity index (χ3n) is 1.84. The summed E-state index contributed by atoms with van der Waals surface area (Å²) in [5.74, 6) is 0. The fraction of sp³-hybridized carbons (Fsp3) is 1.00. The molecule has 13 heavy (non-hydrogen) atoms. The lowest BCUT2D eigenvalue weighted by atomic mass is 10.2. The highest BCUT2D eigenvalue weighted by Gasteiger charge is 1.93. The normalized spacial score (nSPS) is 11.1. The highest BCUT2D eigenvalue weighted by atomic mass is 16.5. The summed E-state index contributed by atoms with van der Waals surface area (Å²) in [5.41, 5.74) is 0. The SMILES string of the molecule is CCOCCCCCCOC(C)C. The summed E-state index contributed by atoms with van der Waals surface area (Å²) in [6.45, 7) is 8.87. The Morgan fingerprint density at radius 1 is 0.923 bits per heavy atom. The molecule has 0 saturated heterocycles. The summed E-state index contributed by atoms with van der Waals surface area (Å²) in [5, 5.41) is 0. The molecule has 2 heteroatoms. The molecule has 0 aliphatic rings. The first kappa shape index (κ1) is 12.9. The van der Waals surface area contributed by atoms with Gasteiger partial charge in [0.1, 0.15) is 0 Å². The van der Waals surface area contributed by atoms with Crippen molar-refractivity contribution in [3.05, 3.63) is 0 Å². The lowest BCUT2D eigenvalue weighted by Gasteiger charge is -2.06. The van der Waals surface area contributed by atoms with Crippen LogP contribution in [-0.2, 0) is 9.47 Å². The number of hydrogen-bond donors (Lipinski definition) is 0. The van der Waals surface area contributed by atoms with Gasteiger partial charge in [-0.25, -0.2) is 0 Å². The Hall–Kier alpha value is -0.0800. The largest absolute Gasteiger partial charge is 0.382 e. The molecule has 0 fully saturated rings. The third kappa shape index (κ3) is 11.9. The van der Waals surface area contributed by atoms with E-state index < -0.39 is 0 Å². The van der Waals surface area contributed by atoms with Gasteiger partial charge in [-0.05, 0) is 33.6 Å². The average molecular weight is 188 g/mol. The topological polar surface area (TPSA) is 18.5 Å². The van der Waals surface area contributed by atoms with E-state index in [9.17, 15) is 0 Å². The van der Waals surface area contributed by atoms with Gasteiger partial charge in [0, 0.05) is 19.8 Å². The van der Waals surface area contributed by atoms with E-state index in [0.717, 1.165) is 19.8 Å². The number of hydrogen-bond acceptors (Lipinski definition) is 2.